The summed E-state index contributed by atoms with van der Waals surface area (Å²) in [5.41, 5.74) is 11.0. The van der Waals surface area contributed by atoms with Gasteiger partial charge in [0.25, 0.3) is 5.91 Å². The molecular formula is C30H25FN4O2. The number of aromatic nitrogens is 3. The molecule has 2 aliphatic carbocycles. The first kappa shape index (κ1) is 23.0. The van der Waals surface area contributed by atoms with Crippen LogP contribution in [0.2, 0.25) is 0 Å². The number of benzene rings is 2. The van der Waals surface area contributed by atoms with E-state index in [-0.39, 0.29) is 34.9 Å². The van der Waals surface area contributed by atoms with Gasteiger partial charge in [-0.2, -0.15) is 0 Å². The molecule has 3 unspecified atom stereocenters. The Labute approximate surface area is 213 Å². The van der Waals surface area contributed by atoms with Gasteiger partial charge in [0.15, 0.2) is 5.78 Å². The Morgan fingerprint density at radius 3 is 2.54 bits per heavy atom. The fraction of sp³-hybridized carbons (Fsp3) is 0.200. The van der Waals surface area contributed by atoms with Crippen molar-refractivity contribution in [3.05, 3.63) is 102 Å². The zero-order valence-corrected chi connectivity index (χ0v) is 20.3. The number of rotatable bonds is 4. The van der Waals surface area contributed by atoms with Gasteiger partial charge >= 0.3 is 0 Å². The number of hydrogen-bond acceptors (Lipinski definition) is 4. The third-order valence-electron chi connectivity index (χ3n) is 7.63. The monoisotopic (exact) mass is 492 g/mol. The van der Waals surface area contributed by atoms with Gasteiger partial charge in [0.2, 0.25) is 0 Å². The molecule has 0 saturated heterocycles. The van der Waals surface area contributed by atoms with Crippen LogP contribution < -0.4 is 5.73 Å². The highest BCUT2D eigenvalue weighted by Crippen LogP contribution is 2.47. The fourth-order valence-corrected chi connectivity index (χ4v) is 5.80. The second-order valence-corrected chi connectivity index (χ2v) is 9.73. The number of amides is 1. The van der Waals surface area contributed by atoms with Crippen LogP contribution in [0.25, 0.3) is 28.2 Å². The first-order valence-corrected chi connectivity index (χ1v) is 12.4. The van der Waals surface area contributed by atoms with Crippen LogP contribution in [0.15, 0.2) is 84.7 Å². The number of hydrogen-bond donors (Lipinski definition) is 1. The van der Waals surface area contributed by atoms with Gasteiger partial charge in [-0.1, -0.05) is 37.3 Å². The quantitative estimate of drug-likeness (QED) is 0.405. The van der Waals surface area contributed by atoms with Crippen molar-refractivity contribution >= 4 is 11.7 Å². The van der Waals surface area contributed by atoms with Crippen molar-refractivity contribution in [2.75, 3.05) is 0 Å². The standard InChI is InChI=1S/C30H25FN4O2/c1-17-23-8-9-26-27(24(23)16-25(28(17)36)29(32)37)34-30(35(26)22-7-3-6-21(31)15-22)20-5-2-4-19(14-20)18-10-12-33-13-11-18/h2-7,10-17,23-24H,8-9H2,1H3,(H2,32,37). The molecule has 7 heteroatoms. The van der Waals surface area contributed by atoms with E-state index in [9.17, 15) is 14.0 Å². The minimum Gasteiger partial charge on any atom is -0.365 e. The van der Waals surface area contributed by atoms with Crippen molar-refractivity contribution in [3.8, 4) is 28.2 Å². The summed E-state index contributed by atoms with van der Waals surface area (Å²) in [4.78, 5) is 34.1. The van der Waals surface area contributed by atoms with Crippen molar-refractivity contribution in [1.82, 2.24) is 14.5 Å². The lowest BCUT2D eigenvalue weighted by molar-refractivity contribution is -0.125. The highest BCUT2D eigenvalue weighted by atomic mass is 19.1. The molecule has 4 aromatic rings. The molecule has 2 heterocycles. The second-order valence-electron chi connectivity index (χ2n) is 9.73. The molecule has 0 fully saturated rings. The topological polar surface area (TPSA) is 90.9 Å². The average molecular weight is 493 g/mol. The number of nitrogens with two attached hydrogens (primary N) is 1. The molecule has 0 bridgehead atoms. The van der Waals surface area contributed by atoms with Gasteiger partial charge < -0.3 is 5.73 Å². The van der Waals surface area contributed by atoms with E-state index in [0.29, 0.717) is 17.9 Å². The summed E-state index contributed by atoms with van der Waals surface area (Å²) in [5, 5.41) is 0. The van der Waals surface area contributed by atoms with E-state index in [0.717, 1.165) is 34.5 Å². The Morgan fingerprint density at radius 1 is 1.03 bits per heavy atom. The van der Waals surface area contributed by atoms with Gasteiger partial charge in [-0.15, -0.1) is 0 Å². The molecule has 2 aromatic heterocycles. The number of pyridine rings is 1. The molecule has 6 nitrogen and oxygen atoms in total. The zero-order chi connectivity index (χ0) is 25.7. The molecular weight excluding hydrogens is 467 g/mol. The molecule has 6 rings (SSSR count). The van der Waals surface area contributed by atoms with E-state index in [1.165, 1.54) is 12.1 Å². The number of carbonyl (C=O) groups is 2. The molecule has 2 aliphatic rings. The third kappa shape index (κ3) is 3.87. The van der Waals surface area contributed by atoms with Crippen LogP contribution in [0.5, 0.6) is 0 Å². The summed E-state index contributed by atoms with van der Waals surface area (Å²) >= 11 is 0. The molecule has 37 heavy (non-hydrogen) atoms. The maximum Gasteiger partial charge on any atom is 0.252 e. The van der Waals surface area contributed by atoms with Gasteiger partial charge in [0.05, 0.1) is 17.0 Å². The van der Waals surface area contributed by atoms with Crippen LogP contribution in [0.1, 0.15) is 30.7 Å². The van der Waals surface area contributed by atoms with Gasteiger partial charge in [0.1, 0.15) is 11.6 Å². The van der Waals surface area contributed by atoms with Gasteiger partial charge in [-0.25, -0.2) is 9.37 Å². The van der Waals surface area contributed by atoms with Crippen molar-refractivity contribution in [3.63, 3.8) is 0 Å². The normalized spacial score (nSPS) is 20.6. The van der Waals surface area contributed by atoms with Crippen molar-refractivity contribution < 1.29 is 14.0 Å². The van der Waals surface area contributed by atoms with Crippen LogP contribution >= 0.6 is 0 Å². The SMILES string of the molecule is CC1C(=O)C(C(N)=O)=CC2c3nc(-c4cccc(-c5ccncc5)c4)n(-c4cccc(F)c4)c3CCC12. The largest absolute Gasteiger partial charge is 0.365 e. The van der Waals surface area contributed by atoms with Crippen LogP contribution in [0.3, 0.4) is 0 Å². The number of ketones is 1. The lowest BCUT2D eigenvalue weighted by Gasteiger charge is -2.36. The van der Waals surface area contributed by atoms with Crippen LogP contribution in [-0.4, -0.2) is 26.2 Å². The number of nitrogens with zero attached hydrogens (tertiary/aromatic N) is 3. The molecule has 1 amide bonds. The predicted molar refractivity (Wildman–Crippen MR) is 138 cm³/mol. The summed E-state index contributed by atoms with van der Waals surface area (Å²) in [7, 11) is 0. The Balaban J connectivity index is 1.57. The fourth-order valence-electron chi connectivity index (χ4n) is 5.80. The van der Waals surface area contributed by atoms with E-state index in [1.54, 1.807) is 24.5 Å². The van der Waals surface area contributed by atoms with E-state index in [4.69, 9.17) is 10.7 Å². The first-order chi connectivity index (χ1) is 17.9. The summed E-state index contributed by atoms with van der Waals surface area (Å²) < 4.78 is 16.4. The summed E-state index contributed by atoms with van der Waals surface area (Å²) in [5.74, 6) is -1.10. The minimum atomic E-state index is -0.711. The Bertz CT molecular complexity index is 1570. The van der Waals surface area contributed by atoms with Crippen molar-refractivity contribution in [2.24, 2.45) is 17.6 Å². The maximum absolute atomic E-state index is 14.4. The Hall–Kier alpha value is -4.39. The van der Waals surface area contributed by atoms with E-state index < -0.39 is 5.91 Å². The molecule has 2 N–H and O–H groups in total. The second kappa shape index (κ2) is 8.92. The van der Waals surface area contributed by atoms with E-state index in [1.807, 2.05) is 47.9 Å². The lowest BCUT2D eigenvalue weighted by atomic mass is 9.67. The lowest BCUT2D eigenvalue weighted by Crippen LogP contribution is -2.38. The Morgan fingerprint density at radius 2 is 1.78 bits per heavy atom. The number of imidazole rings is 1. The molecule has 0 saturated carbocycles. The van der Waals surface area contributed by atoms with Gasteiger partial charge in [-0.3, -0.25) is 19.1 Å². The molecule has 0 spiro atoms. The smallest absolute Gasteiger partial charge is 0.252 e. The van der Waals surface area contributed by atoms with Crippen LogP contribution in [-0.2, 0) is 16.0 Å². The Kier molecular flexibility index (Phi) is 5.56. The van der Waals surface area contributed by atoms with Crippen molar-refractivity contribution in [2.45, 2.75) is 25.7 Å². The minimum absolute atomic E-state index is 0.0231. The van der Waals surface area contributed by atoms with Crippen molar-refractivity contribution in [1.29, 1.82) is 0 Å². The summed E-state index contributed by atoms with van der Waals surface area (Å²) in [6.07, 6.45) is 6.64. The molecule has 0 radical (unpaired) electrons. The zero-order valence-electron chi connectivity index (χ0n) is 20.3. The average Bonchev–Trinajstić information content (AvgIpc) is 3.31. The predicted octanol–water partition coefficient (Wildman–Crippen LogP) is 5.02. The summed E-state index contributed by atoms with van der Waals surface area (Å²) in [6.45, 7) is 1.86. The number of primary amides is 1. The third-order valence-corrected chi connectivity index (χ3v) is 7.63. The first-order valence-electron chi connectivity index (χ1n) is 12.4. The maximum atomic E-state index is 14.4. The number of carbonyl (C=O) groups excluding carboxylic acids is 2. The van der Waals surface area contributed by atoms with E-state index in [2.05, 4.69) is 11.1 Å². The summed E-state index contributed by atoms with van der Waals surface area (Å²) in [6, 6.07) is 18.4. The van der Waals surface area contributed by atoms with Crippen LogP contribution in [0, 0.1) is 17.7 Å². The highest BCUT2D eigenvalue weighted by molar-refractivity contribution is 6.20. The number of halogens is 1. The number of fused-ring (bicyclic) bond motifs is 3. The number of Topliss-reactive ketones (excluding diaryl/α,β-unsaturated/α-hetero) is 1. The molecule has 0 aliphatic heterocycles. The molecule has 3 atom stereocenters. The van der Waals surface area contributed by atoms with Crippen LogP contribution in [0.4, 0.5) is 4.39 Å². The van der Waals surface area contributed by atoms with E-state index >= 15 is 0 Å². The number of allylic oxidation sites excluding steroid dienone is 1. The molecule has 184 valence electrons. The molecule has 2 aromatic carbocycles. The van der Waals surface area contributed by atoms with Gasteiger partial charge in [0, 0.05) is 35.5 Å². The van der Waals surface area contributed by atoms with Gasteiger partial charge in [-0.05, 0) is 66.3 Å². The highest BCUT2D eigenvalue weighted by Gasteiger charge is 2.43.